The summed E-state index contributed by atoms with van der Waals surface area (Å²) < 4.78 is 31.8. The standard InChI is InChI=1S/C17H19NO4S/c1-13-8-7-9-14(2)17(13)18(12-16(19)22-3)23(20,21)15-10-5-4-6-11-15/h4-11H,12H2,1-3H3. The van der Waals surface area contributed by atoms with E-state index in [9.17, 15) is 13.2 Å². The smallest absolute Gasteiger partial charge is 0.326 e. The van der Waals surface area contributed by atoms with Gasteiger partial charge in [-0.15, -0.1) is 0 Å². The molecule has 0 bridgehead atoms. The predicted molar refractivity (Wildman–Crippen MR) is 88.9 cm³/mol. The molecule has 0 saturated heterocycles. The molecule has 0 aliphatic carbocycles. The molecular weight excluding hydrogens is 314 g/mol. The summed E-state index contributed by atoms with van der Waals surface area (Å²) in [7, 11) is -2.64. The molecular formula is C17H19NO4S. The number of carbonyl (C=O) groups is 1. The molecule has 0 fully saturated rings. The highest BCUT2D eigenvalue weighted by molar-refractivity contribution is 7.92. The first kappa shape index (κ1) is 17.0. The fourth-order valence-corrected chi connectivity index (χ4v) is 3.94. The molecule has 0 atom stereocenters. The van der Waals surface area contributed by atoms with Gasteiger partial charge in [0.2, 0.25) is 0 Å². The van der Waals surface area contributed by atoms with Gasteiger partial charge in [-0.2, -0.15) is 0 Å². The average molecular weight is 333 g/mol. The molecule has 0 aliphatic rings. The van der Waals surface area contributed by atoms with Crippen molar-refractivity contribution in [1.82, 2.24) is 0 Å². The van der Waals surface area contributed by atoms with Crippen LogP contribution >= 0.6 is 0 Å². The molecule has 0 heterocycles. The van der Waals surface area contributed by atoms with Crippen molar-refractivity contribution in [2.24, 2.45) is 0 Å². The van der Waals surface area contributed by atoms with E-state index < -0.39 is 16.0 Å². The van der Waals surface area contributed by atoms with E-state index in [1.807, 2.05) is 32.0 Å². The Morgan fingerprint density at radius 2 is 1.57 bits per heavy atom. The van der Waals surface area contributed by atoms with Gasteiger partial charge in [0.15, 0.2) is 0 Å². The van der Waals surface area contributed by atoms with E-state index in [0.29, 0.717) is 5.69 Å². The maximum Gasteiger partial charge on any atom is 0.326 e. The zero-order valence-electron chi connectivity index (χ0n) is 13.3. The number of para-hydroxylation sites is 1. The molecule has 2 aromatic rings. The average Bonchev–Trinajstić information content (AvgIpc) is 2.54. The Hall–Kier alpha value is -2.34. The molecule has 6 heteroatoms. The molecule has 23 heavy (non-hydrogen) atoms. The summed E-state index contributed by atoms with van der Waals surface area (Å²) in [4.78, 5) is 11.9. The van der Waals surface area contributed by atoms with Crippen molar-refractivity contribution in [3.8, 4) is 0 Å². The minimum absolute atomic E-state index is 0.131. The number of esters is 1. The maximum absolute atomic E-state index is 13.0. The number of sulfonamides is 1. The highest BCUT2D eigenvalue weighted by Crippen LogP contribution is 2.29. The second-order valence-corrected chi connectivity index (χ2v) is 7.00. The van der Waals surface area contributed by atoms with Crippen LogP contribution in [-0.2, 0) is 19.6 Å². The van der Waals surface area contributed by atoms with Crippen molar-refractivity contribution in [3.05, 3.63) is 59.7 Å². The van der Waals surface area contributed by atoms with Crippen LogP contribution in [0.4, 0.5) is 5.69 Å². The number of nitrogens with zero attached hydrogens (tertiary/aromatic N) is 1. The number of anilines is 1. The van der Waals surface area contributed by atoms with Crippen molar-refractivity contribution in [2.45, 2.75) is 18.7 Å². The van der Waals surface area contributed by atoms with Crippen LogP contribution in [-0.4, -0.2) is 28.0 Å². The normalized spacial score (nSPS) is 11.1. The highest BCUT2D eigenvalue weighted by atomic mass is 32.2. The minimum atomic E-state index is -3.87. The summed E-state index contributed by atoms with van der Waals surface area (Å²) in [5.74, 6) is -0.618. The number of hydrogen-bond donors (Lipinski definition) is 0. The van der Waals surface area contributed by atoms with Gasteiger partial charge >= 0.3 is 5.97 Å². The number of methoxy groups -OCH3 is 1. The van der Waals surface area contributed by atoms with Crippen molar-refractivity contribution in [1.29, 1.82) is 0 Å². The molecule has 0 amide bonds. The van der Waals surface area contributed by atoms with Crippen LogP contribution in [0.25, 0.3) is 0 Å². The van der Waals surface area contributed by atoms with Crippen LogP contribution in [0.1, 0.15) is 11.1 Å². The van der Waals surface area contributed by atoms with Gasteiger partial charge in [0, 0.05) is 0 Å². The van der Waals surface area contributed by atoms with E-state index in [1.54, 1.807) is 18.2 Å². The van der Waals surface area contributed by atoms with Crippen LogP contribution in [0, 0.1) is 13.8 Å². The van der Waals surface area contributed by atoms with E-state index in [1.165, 1.54) is 19.2 Å². The topological polar surface area (TPSA) is 63.7 Å². The van der Waals surface area contributed by atoms with Gasteiger partial charge in [-0.05, 0) is 37.1 Å². The van der Waals surface area contributed by atoms with Crippen LogP contribution in [0.15, 0.2) is 53.4 Å². The first-order valence-corrected chi connectivity index (χ1v) is 8.52. The third-order valence-electron chi connectivity index (χ3n) is 3.52. The minimum Gasteiger partial charge on any atom is -0.468 e. The summed E-state index contributed by atoms with van der Waals surface area (Å²) in [6, 6.07) is 13.5. The molecule has 0 saturated carbocycles. The molecule has 0 unspecified atom stereocenters. The SMILES string of the molecule is COC(=O)CN(c1c(C)cccc1C)S(=O)(=O)c1ccccc1. The summed E-state index contributed by atoms with van der Waals surface area (Å²) in [6.07, 6.45) is 0. The van der Waals surface area contributed by atoms with Crippen molar-refractivity contribution in [3.63, 3.8) is 0 Å². The van der Waals surface area contributed by atoms with Gasteiger partial charge in [0.25, 0.3) is 10.0 Å². The quantitative estimate of drug-likeness (QED) is 0.789. The fraction of sp³-hybridized carbons (Fsp3) is 0.235. The van der Waals surface area contributed by atoms with E-state index in [4.69, 9.17) is 0 Å². The monoisotopic (exact) mass is 333 g/mol. The van der Waals surface area contributed by atoms with Crippen LogP contribution in [0.2, 0.25) is 0 Å². The van der Waals surface area contributed by atoms with E-state index in [0.717, 1.165) is 15.4 Å². The van der Waals surface area contributed by atoms with Gasteiger partial charge in [0.05, 0.1) is 17.7 Å². The number of aryl methyl sites for hydroxylation is 2. The van der Waals surface area contributed by atoms with Crippen molar-refractivity contribution >= 4 is 21.7 Å². The molecule has 0 aromatic heterocycles. The Labute approximate surface area is 136 Å². The molecule has 5 nitrogen and oxygen atoms in total. The lowest BCUT2D eigenvalue weighted by Crippen LogP contribution is -2.37. The molecule has 122 valence electrons. The van der Waals surface area contributed by atoms with Crippen molar-refractivity contribution in [2.75, 3.05) is 18.0 Å². The first-order valence-electron chi connectivity index (χ1n) is 7.08. The molecule has 2 rings (SSSR count). The number of benzene rings is 2. The van der Waals surface area contributed by atoms with Crippen molar-refractivity contribution < 1.29 is 17.9 Å². The number of carbonyl (C=O) groups excluding carboxylic acids is 1. The fourth-order valence-electron chi connectivity index (χ4n) is 2.38. The maximum atomic E-state index is 13.0. The lowest BCUT2D eigenvalue weighted by Gasteiger charge is -2.26. The molecule has 2 aromatic carbocycles. The Bertz CT molecular complexity index is 780. The van der Waals surface area contributed by atoms with Crippen LogP contribution < -0.4 is 4.31 Å². The lowest BCUT2D eigenvalue weighted by atomic mass is 10.1. The summed E-state index contributed by atoms with van der Waals surface area (Å²) in [6.45, 7) is 3.25. The van der Waals surface area contributed by atoms with Gasteiger partial charge in [-0.3, -0.25) is 9.10 Å². The number of rotatable bonds is 5. The zero-order chi connectivity index (χ0) is 17.0. The number of ether oxygens (including phenoxy) is 1. The second-order valence-electron chi connectivity index (χ2n) is 5.14. The zero-order valence-corrected chi connectivity index (χ0v) is 14.1. The summed E-state index contributed by atoms with van der Waals surface area (Å²) in [5, 5.41) is 0. The molecule has 0 radical (unpaired) electrons. The van der Waals surface area contributed by atoms with Crippen LogP contribution in [0.5, 0.6) is 0 Å². The highest BCUT2D eigenvalue weighted by Gasteiger charge is 2.29. The lowest BCUT2D eigenvalue weighted by molar-refractivity contribution is -0.138. The van der Waals surface area contributed by atoms with E-state index in [2.05, 4.69) is 4.74 Å². The van der Waals surface area contributed by atoms with E-state index >= 15 is 0 Å². The Morgan fingerprint density at radius 3 is 2.09 bits per heavy atom. The van der Waals surface area contributed by atoms with Gasteiger partial charge in [-0.1, -0.05) is 36.4 Å². The Morgan fingerprint density at radius 1 is 1.00 bits per heavy atom. The molecule has 0 aliphatic heterocycles. The second kappa shape index (κ2) is 6.83. The summed E-state index contributed by atoms with van der Waals surface area (Å²) >= 11 is 0. The van der Waals surface area contributed by atoms with E-state index in [-0.39, 0.29) is 11.4 Å². The largest absolute Gasteiger partial charge is 0.468 e. The van der Waals surface area contributed by atoms with Gasteiger partial charge < -0.3 is 4.74 Å². The Balaban J connectivity index is 2.62. The third kappa shape index (κ3) is 3.53. The molecule has 0 spiro atoms. The third-order valence-corrected chi connectivity index (χ3v) is 5.28. The van der Waals surface area contributed by atoms with Gasteiger partial charge in [0.1, 0.15) is 6.54 Å². The first-order chi connectivity index (χ1) is 10.9. The Kier molecular flexibility index (Phi) is 5.05. The molecule has 0 N–H and O–H groups in total. The summed E-state index contributed by atoms with van der Waals surface area (Å²) in [5.41, 5.74) is 2.04. The number of hydrogen-bond acceptors (Lipinski definition) is 4. The van der Waals surface area contributed by atoms with Crippen LogP contribution in [0.3, 0.4) is 0 Å². The van der Waals surface area contributed by atoms with Gasteiger partial charge in [-0.25, -0.2) is 8.42 Å². The predicted octanol–water partition coefficient (Wildman–Crippen LogP) is 2.67.